The molecule has 0 bridgehead atoms. The van der Waals surface area contributed by atoms with Crippen molar-refractivity contribution in [3.63, 3.8) is 0 Å². The largest absolute Gasteiger partial charge is 0.383 e. The van der Waals surface area contributed by atoms with Gasteiger partial charge in [0.05, 0.1) is 16.7 Å². The lowest BCUT2D eigenvalue weighted by molar-refractivity contribution is 0.288. The minimum atomic E-state index is 0.377. The van der Waals surface area contributed by atoms with Gasteiger partial charge < -0.3 is 5.73 Å². The van der Waals surface area contributed by atoms with E-state index in [2.05, 4.69) is 51.4 Å². The van der Waals surface area contributed by atoms with Crippen molar-refractivity contribution in [2.24, 2.45) is 0 Å². The first-order valence-electron chi connectivity index (χ1n) is 6.81. The van der Waals surface area contributed by atoms with Crippen LogP contribution in [0, 0.1) is 0 Å². The molecular weight excluding hydrogens is 302 g/mol. The zero-order valence-corrected chi connectivity index (χ0v) is 12.4. The Hall–Kier alpha value is -1.29. The Balaban J connectivity index is 1.96. The van der Waals surface area contributed by atoms with Gasteiger partial charge in [0.15, 0.2) is 0 Å². The molecule has 2 atom stereocenters. The number of aromatic nitrogens is 2. The van der Waals surface area contributed by atoms with E-state index >= 15 is 0 Å². The zero-order chi connectivity index (χ0) is 13.2. The molecule has 0 radical (unpaired) electrons. The van der Waals surface area contributed by atoms with Crippen LogP contribution in [0.1, 0.15) is 43.2 Å². The van der Waals surface area contributed by atoms with Crippen molar-refractivity contribution in [1.82, 2.24) is 9.78 Å². The standard InChI is InChI=1S/C15H18BrN3/c16-13-10-18-19(15(13)17)14-9-5-4-8-12(14)11-6-2-1-3-7-11/h1-3,6-7,10,12,14H,4-5,8-9,17H2. The lowest BCUT2D eigenvalue weighted by Crippen LogP contribution is -2.23. The predicted octanol–water partition coefficient (Wildman–Crippen LogP) is 4.13. The summed E-state index contributed by atoms with van der Waals surface area (Å²) >= 11 is 3.45. The van der Waals surface area contributed by atoms with Gasteiger partial charge in [0, 0.05) is 5.92 Å². The van der Waals surface area contributed by atoms with Gasteiger partial charge in [-0.3, -0.25) is 0 Å². The van der Waals surface area contributed by atoms with Crippen LogP contribution in [0.4, 0.5) is 5.82 Å². The van der Waals surface area contributed by atoms with Gasteiger partial charge >= 0.3 is 0 Å². The van der Waals surface area contributed by atoms with Crippen LogP contribution in [0.5, 0.6) is 0 Å². The smallest absolute Gasteiger partial charge is 0.136 e. The topological polar surface area (TPSA) is 43.8 Å². The Labute approximate surface area is 121 Å². The van der Waals surface area contributed by atoms with Crippen molar-refractivity contribution in [3.05, 3.63) is 46.6 Å². The van der Waals surface area contributed by atoms with Crippen LogP contribution in [0.3, 0.4) is 0 Å². The number of rotatable bonds is 2. The van der Waals surface area contributed by atoms with E-state index < -0.39 is 0 Å². The fourth-order valence-corrected chi connectivity index (χ4v) is 3.38. The fourth-order valence-electron chi connectivity index (χ4n) is 3.11. The van der Waals surface area contributed by atoms with E-state index in [1.165, 1.54) is 24.8 Å². The van der Waals surface area contributed by atoms with Crippen LogP contribution in [-0.2, 0) is 0 Å². The molecule has 1 aliphatic carbocycles. The summed E-state index contributed by atoms with van der Waals surface area (Å²) in [5.41, 5.74) is 7.53. The highest BCUT2D eigenvalue weighted by molar-refractivity contribution is 9.10. The minimum absolute atomic E-state index is 0.377. The number of nitrogen functional groups attached to an aromatic ring is 1. The van der Waals surface area contributed by atoms with Crippen LogP contribution in [-0.4, -0.2) is 9.78 Å². The lowest BCUT2D eigenvalue weighted by Gasteiger charge is -2.32. The summed E-state index contributed by atoms with van der Waals surface area (Å²) in [5, 5.41) is 4.46. The van der Waals surface area contributed by atoms with E-state index in [1.54, 1.807) is 6.20 Å². The number of nitrogens with zero attached hydrogens (tertiary/aromatic N) is 2. The highest BCUT2D eigenvalue weighted by Gasteiger charge is 2.29. The molecular formula is C15H18BrN3. The highest BCUT2D eigenvalue weighted by atomic mass is 79.9. The van der Waals surface area contributed by atoms with Crippen molar-refractivity contribution in [2.75, 3.05) is 5.73 Å². The Morgan fingerprint density at radius 1 is 1.16 bits per heavy atom. The average Bonchev–Trinajstić information content (AvgIpc) is 2.80. The molecule has 1 aliphatic rings. The van der Waals surface area contributed by atoms with Gasteiger partial charge in [-0.2, -0.15) is 5.10 Å². The van der Waals surface area contributed by atoms with Crippen LogP contribution >= 0.6 is 15.9 Å². The van der Waals surface area contributed by atoms with Gasteiger partial charge in [0.25, 0.3) is 0 Å². The van der Waals surface area contributed by atoms with Gasteiger partial charge in [-0.25, -0.2) is 4.68 Å². The third-order valence-corrected chi connectivity index (χ3v) is 4.67. The maximum absolute atomic E-state index is 6.13. The Bertz CT molecular complexity index is 550. The normalized spacial score (nSPS) is 23.4. The Morgan fingerprint density at radius 3 is 2.58 bits per heavy atom. The van der Waals surface area contributed by atoms with Gasteiger partial charge in [0.2, 0.25) is 0 Å². The number of halogens is 1. The molecule has 0 saturated heterocycles. The van der Waals surface area contributed by atoms with Crippen molar-refractivity contribution >= 4 is 21.7 Å². The van der Waals surface area contributed by atoms with Gasteiger partial charge in [-0.05, 0) is 34.3 Å². The average molecular weight is 320 g/mol. The molecule has 0 amide bonds. The quantitative estimate of drug-likeness (QED) is 0.904. The molecule has 2 aromatic rings. The molecule has 2 N–H and O–H groups in total. The third-order valence-electron chi connectivity index (χ3n) is 4.06. The van der Waals surface area contributed by atoms with E-state index in [4.69, 9.17) is 5.73 Å². The Morgan fingerprint density at radius 2 is 1.89 bits per heavy atom. The van der Waals surface area contributed by atoms with E-state index in [0.717, 1.165) is 16.7 Å². The monoisotopic (exact) mass is 319 g/mol. The summed E-state index contributed by atoms with van der Waals surface area (Å²) in [6.45, 7) is 0. The van der Waals surface area contributed by atoms with E-state index in [-0.39, 0.29) is 0 Å². The van der Waals surface area contributed by atoms with E-state index in [1.807, 2.05) is 4.68 Å². The van der Waals surface area contributed by atoms with E-state index in [9.17, 15) is 0 Å². The summed E-state index contributed by atoms with van der Waals surface area (Å²) in [6.07, 6.45) is 6.71. The molecule has 100 valence electrons. The summed E-state index contributed by atoms with van der Waals surface area (Å²) in [5.74, 6) is 1.26. The van der Waals surface area contributed by atoms with Crippen LogP contribution in [0.15, 0.2) is 41.0 Å². The van der Waals surface area contributed by atoms with Crippen molar-refractivity contribution in [2.45, 2.75) is 37.6 Å². The second-order valence-corrected chi connectivity index (χ2v) is 6.05. The first kappa shape index (κ1) is 12.7. The molecule has 1 heterocycles. The molecule has 1 aromatic heterocycles. The summed E-state index contributed by atoms with van der Waals surface area (Å²) < 4.78 is 2.89. The number of hydrogen-bond donors (Lipinski definition) is 1. The molecule has 1 aromatic carbocycles. The number of hydrogen-bond acceptors (Lipinski definition) is 2. The third kappa shape index (κ3) is 2.41. The molecule has 2 unspecified atom stereocenters. The van der Waals surface area contributed by atoms with Gasteiger partial charge in [-0.1, -0.05) is 43.2 Å². The highest BCUT2D eigenvalue weighted by Crippen LogP contribution is 2.42. The Kier molecular flexibility index (Phi) is 3.60. The number of benzene rings is 1. The lowest BCUT2D eigenvalue weighted by atomic mass is 9.80. The first-order valence-corrected chi connectivity index (χ1v) is 7.60. The molecule has 1 saturated carbocycles. The number of anilines is 1. The maximum Gasteiger partial charge on any atom is 0.136 e. The second-order valence-electron chi connectivity index (χ2n) is 5.19. The molecule has 19 heavy (non-hydrogen) atoms. The zero-order valence-electron chi connectivity index (χ0n) is 10.8. The predicted molar refractivity (Wildman–Crippen MR) is 81.0 cm³/mol. The summed E-state index contributed by atoms with van der Waals surface area (Å²) in [4.78, 5) is 0. The maximum atomic E-state index is 6.13. The van der Waals surface area contributed by atoms with Crippen molar-refractivity contribution < 1.29 is 0 Å². The number of nitrogens with two attached hydrogens (primary N) is 1. The molecule has 3 nitrogen and oxygen atoms in total. The first-order chi connectivity index (χ1) is 9.27. The second kappa shape index (κ2) is 5.37. The van der Waals surface area contributed by atoms with Crippen LogP contribution in [0.2, 0.25) is 0 Å². The van der Waals surface area contributed by atoms with Gasteiger partial charge in [0.1, 0.15) is 5.82 Å². The minimum Gasteiger partial charge on any atom is -0.383 e. The summed E-state index contributed by atoms with van der Waals surface area (Å²) in [7, 11) is 0. The SMILES string of the molecule is Nc1c(Br)cnn1C1CCCCC1c1ccccc1. The fraction of sp³-hybridized carbons (Fsp3) is 0.400. The van der Waals surface area contributed by atoms with Crippen molar-refractivity contribution in [3.8, 4) is 0 Å². The van der Waals surface area contributed by atoms with Crippen LogP contribution in [0.25, 0.3) is 0 Å². The molecule has 0 spiro atoms. The van der Waals surface area contributed by atoms with Gasteiger partial charge in [-0.15, -0.1) is 0 Å². The van der Waals surface area contributed by atoms with Crippen molar-refractivity contribution in [1.29, 1.82) is 0 Å². The molecule has 0 aliphatic heterocycles. The van der Waals surface area contributed by atoms with Crippen LogP contribution < -0.4 is 5.73 Å². The van der Waals surface area contributed by atoms with E-state index in [0.29, 0.717) is 12.0 Å². The molecule has 1 fully saturated rings. The molecule has 4 heteroatoms. The molecule has 3 rings (SSSR count). The summed E-state index contributed by atoms with van der Waals surface area (Å²) in [6, 6.07) is 11.1.